The van der Waals surface area contributed by atoms with Gasteiger partial charge in [-0.3, -0.25) is 9.97 Å². The van der Waals surface area contributed by atoms with Gasteiger partial charge < -0.3 is 4.42 Å². The summed E-state index contributed by atoms with van der Waals surface area (Å²) in [6, 6.07) is 1.98. The Hall–Kier alpha value is -2.76. The predicted octanol–water partition coefficient (Wildman–Crippen LogP) is 1.19. The van der Waals surface area contributed by atoms with Gasteiger partial charge in [-0.15, -0.1) is 0 Å². The van der Waals surface area contributed by atoms with Crippen LogP contribution in [-0.4, -0.2) is 19.4 Å². The third-order valence-corrected chi connectivity index (χ3v) is 3.53. The molecule has 5 rings (SSSR count). The average Bonchev–Trinajstić information content (AvgIpc) is 3.07. The highest BCUT2D eigenvalue weighted by Crippen LogP contribution is 2.30. The van der Waals surface area contributed by atoms with Crippen molar-refractivity contribution in [3.05, 3.63) is 42.6 Å². The Morgan fingerprint density at radius 3 is 3.16 bits per heavy atom. The van der Waals surface area contributed by atoms with Crippen LogP contribution in [0.1, 0.15) is 5.56 Å². The zero-order valence-electron chi connectivity index (χ0n) is 9.82. The highest BCUT2D eigenvalue weighted by molar-refractivity contribution is 5.72. The molecule has 0 bridgehead atoms. The number of imidazole rings is 1. The van der Waals surface area contributed by atoms with Gasteiger partial charge in [0.1, 0.15) is 6.54 Å². The summed E-state index contributed by atoms with van der Waals surface area (Å²) in [6.07, 6.45) is 8.97. The van der Waals surface area contributed by atoms with Crippen molar-refractivity contribution >= 4 is 17.0 Å². The first-order valence-corrected chi connectivity index (χ1v) is 5.99. The molecule has 6 heteroatoms. The fourth-order valence-corrected chi connectivity index (χ4v) is 2.66. The van der Waals surface area contributed by atoms with Crippen molar-refractivity contribution < 1.29 is 8.98 Å². The zero-order valence-corrected chi connectivity index (χ0v) is 9.82. The maximum atomic E-state index is 6.00. The number of fused-ring (bicyclic) bond motifs is 7. The lowest BCUT2D eigenvalue weighted by atomic mass is 10.2. The molecular weight excluding hydrogens is 242 g/mol. The summed E-state index contributed by atoms with van der Waals surface area (Å²) in [5.74, 6) is 0.848. The number of oxazole rings is 1. The van der Waals surface area contributed by atoms with Crippen LogP contribution in [0.2, 0.25) is 0 Å². The van der Waals surface area contributed by atoms with Crippen LogP contribution < -0.4 is 4.57 Å². The molecule has 0 spiro atoms. The minimum atomic E-state index is 0.753. The monoisotopic (exact) mass is 250 g/mol. The molecule has 6 nitrogen and oxygen atoms in total. The van der Waals surface area contributed by atoms with E-state index in [1.807, 2.05) is 22.9 Å². The van der Waals surface area contributed by atoms with Crippen LogP contribution in [-0.2, 0) is 6.54 Å². The Labute approximate surface area is 107 Å². The van der Waals surface area contributed by atoms with Gasteiger partial charge in [-0.1, -0.05) is 0 Å². The fourth-order valence-electron chi connectivity index (χ4n) is 2.66. The van der Waals surface area contributed by atoms with Crippen molar-refractivity contribution in [1.82, 2.24) is 19.4 Å². The van der Waals surface area contributed by atoms with E-state index in [0.29, 0.717) is 0 Å². The molecule has 5 heterocycles. The first-order valence-electron chi connectivity index (χ1n) is 5.99. The highest BCUT2D eigenvalue weighted by atomic mass is 16.4. The number of aromatic nitrogens is 5. The Balaban J connectivity index is 1.93. The third-order valence-electron chi connectivity index (χ3n) is 3.53. The normalized spacial score (nSPS) is 13.1. The summed E-state index contributed by atoms with van der Waals surface area (Å²) in [7, 11) is 0. The minimum absolute atomic E-state index is 0.753. The standard InChI is InChI=1S/C13H8N5O/c1-2-14-5-8-7-18-11-13(19-12(18)9(1)8)17-4-3-15-6-10(17)16-11/h1-6H,7H2/q+1. The van der Waals surface area contributed by atoms with Crippen LogP contribution in [0.5, 0.6) is 0 Å². The summed E-state index contributed by atoms with van der Waals surface area (Å²) >= 11 is 0. The second kappa shape index (κ2) is 2.97. The lowest BCUT2D eigenvalue weighted by Crippen LogP contribution is -2.30. The maximum Gasteiger partial charge on any atom is 0.390 e. The molecular formula is C13H8N5O+. The van der Waals surface area contributed by atoms with Crippen LogP contribution in [0.4, 0.5) is 0 Å². The van der Waals surface area contributed by atoms with Gasteiger partial charge in [-0.2, -0.15) is 4.57 Å². The van der Waals surface area contributed by atoms with E-state index in [9.17, 15) is 0 Å². The van der Waals surface area contributed by atoms with Crippen molar-refractivity contribution in [3.63, 3.8) is 0 Å². The lowest BCUT2D eigenvalue weighted by molar-refractivity contribution is -0.651. The fraction of sp³-hybridized carbons (Fsp3) is 0.0769. The average molecular weight is 250 g/mol. The molecule has 19 heavy (non-hydrogen) atoms. The van der Waals surface area contributed by atoms with Gasteiger partial charge in [0.15, 0.2) is 0 Å². The van der Waals surface area contributed by atoms with E-state index in [4.69, 9.17) is 4.42 Å². The van der Waals surface area contributed by atoms with Crippen LogP contribution in [0.3, 0.4) is 0 Å². The first-order chi connectivity index (χ1) is 9.42. The molecule has 90 valence electrons. The number of pyridine rings is 1. The first kappa shape index (κ1) is 9.21. The van der Waals surface area contributed by atoms with Gasteiger partial charge >= 0.3 is 11.4 Å². The summed E-state index contributed by atoms with van der Waals surface area (Å²) < 4.78 is 9.99. The van der Waals surface area contributed by atoms with E-state index >= 15 is 0 Å². The Morgan fingerprint density at radius 2 is 2.16 bits per heavy atom. The van der Waals surface area contributed by atoms with Gasteiger partial charge in [0, 0.05) is 30.4 Å². The van der Waals surface area contributed by atoms with Gasteiger partial charge in [-0.05, 0) is 11.1 Å². The van der Waals surface area contributed by atoms with E-state index in [-0.39, 0.29) is 0 Å². The summed E-state index contributed by atoms with van der Waals surface area (Å²) in [5.41, 5.74) is 4.66. The summed E-state index contributed by atoms with van der Waals surface area (Å²) in [4.78, 5) is 12.8. The largest absolute Gasteiger partial charge is 0.396 e. The zero-order chi connectivity index (χ0) is 12.4. The van der Waals surface area contributed by atoms with Gasteiger partial charge in [0.2, 0.25) is 0 Å². The van der Waals surface area contributed by atoms with Crippen molar-refractivity contribution in [1.29, 1.82) is 0 Å². The molecule has 0 atom stereocenters. The second-order valence-corrected chi connectivity index (χ2v) is 4.57. The lowest BCUT2D eigenvalue weighted by Gasteiger charge is -1.91. The van der Waals surface area contributed by atoms with Crippen molar-refractivity contribution in [2.24, 2.45) is 0 Å². The number of rotatable bonds is 0. The number of nitrogens with zero attached hydrogens (tertiary/aromatic N) is 5. The molecule has 0 unspecified atom stereocenters. The Morgan fingerprint density at radius 1 is 1.21 bits per heavy atom. The molecule has 0 saturated heterocycles. The Bertz CT molecular complexity index is 952. The molecule has 0 fully saturated rings. The second-order valence-electron chi connectivity index (χ2n) is 4.57. The molecule has 4 aromatic rings. The molecule has 1 aliphatic rings. The van der Waals surface area contributed by atoms with E-state index in [0.717, 1.165) is 35.0 Å². The predicted molar refractivity (Wildman–Crippen MR) is 65.3 cm³/mol. The number of hydrogen-bond acceptors (Lipinski definition) is 4. The summed E-state index contributed by atoms with van der Waals surface area (Å²) in [6.45, 7) is 0.753. The molecule has 0 radical (unpaired) electrons. The molecule has 0 amide bonds. The van der Waals surface area contributed by atoms with Gasteiger partial charge in [0.25, 0.3) is 11.5 Å². The van der Waals surface area contributed by atoms with Crippen molar-refractivity contribution in [2.45, 2.75) is 6.54 Å². The van der Waals surface area contributed by atoms with E-state index in [2.05, 4.69) is 19.5 Å². The highest BCUT2D eigenvalue weighted by Gasteiger charge is 2.34. The van der Waals surface area contributed by atoms with E-state index in [1.54, 1.807) is 18.6 Å². The molecule has 1 aliphatic heterocycles. The van der Waals surface area contributed by atoms with Crippen LogP contribution >= 0.6 is 0 Å². The Kier molecular flexibility index (Phi) is 1.44. The van der Waals surface area contributed by atoms with E-state index < -0.39 is 0 Å². The van der Waals surface area contributed by atoms with Crippen LogP contribution in [0, 0.1) is 0 Å². The molecule has 4 aromatic heterocycles. The smallest absolute Gasteiger partial charge is 0.390 e. The van der Waals surface area contributed by atoms with Gasteiger partial charge in [0.05, 0.1) is 11.8 Å². The molecule has 0 aromatic carbocycles. The third kappa shape index (κ3) is 1.02. The molecule has 0 saturated carbocycles. The SMILES string of the molecule is c1cc2c(cn1)C[n+]1c-2oc2c1nc1cnccn12. The molecule has 0 N–H and O–H groups in total. The topological polar surface area (TPSA) is 60.1 Å². The number of hydrogen-bond donors (Lipinski definition) is 0. The summed E-state index contributed by atoms with van der Waals surface area (Å²) in [5, 5.41) is 0. The minimum Gasteiger partial charge on any atom is -0.396 e. The van der Waals surface area contributed by atoms with Crippen LogP contribution in [0.15, 0.2) is 41.5 Å². The quantitative estimate of drug-likeness (QED) is 0.387. The van der Waals surface area contributed by atoms with Gasteiger partial charge in [-0.25, -0.2) is 4.40 Å². The molecule has 0 aliphatic carbocycles. The van der Waals surface area contributed by atoms with Crippen LogP contribution in [0.25, 0.3) is 28.5 Å². The maximum absolute atomic E-state index is 6.00. The van der Waals surface area contributed by atoms with E-state index in [1.165, 1.54) is 5.56 Å². The van der Waals surface area contributed by atoms with Crippen molar-refractivity contribution in [2.75, 3.05) is 0 Å². The van der Waals surface area contributed by atoms with Crippen molar-refractivity contribution in [3.8, 4) is 11.5 Å².